The van der Waals surface area contributed by atoms with E-state index in [1.807, 2.05) is 52.0 Å². The maximum Gasteiger partial charge on any atom is 0.255 e. The number of hydrogen-bond acceptors (Lipinski definition) is 4. The fraction of sp³-hybridized carbons (Fsp3) is 0.333. The van der Waals surface area contributed by atoms with Gasteiger partial charge in [0.2, 0.25) is 10.0 Å². The fourth-order valence-electron chi connectivity index (χ4n) is 3.58. The SMILES string of the molecule is CCc1c(C(=O)NCc2ccc(S(=O)(=O)N(CC)CC)cc2)cnn1-c1ccc(C)cc1. The molecule has 7 nitrogen and oxygen atoms in total. The molecular formula is C24H30N4O3S. The molecule has 0 aliphatic heterocycles. The van der Waals surface area contributed by atoms with Gasteiger partial charge in [-0.25, -0.2) is 13.1 Å². The van der Waals surface area contributed by atoms with Crippen LogP contribution >= 0.6 is 0 Å². The van der Waals surface area contributed by atoms with Crippen molar-refractivity contribution in [1.29, 1.82) is 0 Å². The van der Waals surface area contributed by atoms with E-state index in [-0.39, 0.29) is 10.8 Å². The van der Waals surface area contributed by atoms with Crippen molar-refractivity contribution in [2.45, 2.75) is 45.6 Å². The number of aromatic nitrogens is 2. The summed E-state index contributed by atoms with van der Waals surface area (Å²) in [4.78, 5) is 13.1. The largest absolute Gasteiger partial charge is 0.348 e. The molecule has 170 valence electrons. The lowest BCUT2D eigenvalue weighted by Crippen LogP contribution is -2.30. The van der Waals surface area contributed by atoms with Gasteiger partial charge < -0.3 is 5.32 Å². The normalized spacial score (nSPS) is 11.7. The van der Waals surface area contributed by atoms with Crippen molar-refractivity contribution in [3.63, 3.8) is 0 Å². The van der Waals surface area contributed by atoms with Crippen LogP contribution in [-0.4, -0.2) is 41.5 Å². The Morgan fingerprint density at radius 3 is 2.19 bits per heavy atom. The van der Waals surface area contributed by atoms with Crippen LogP contribution in [0.1, 0.15) is 48.0 Å². The molecule has 3 aromatic rings. The molecule has 1 heterocycles. The van der Waals surface area contributed by atoms with Crippen LogP contribution in [0.25, 0.3) is 5.69 Å². The molecule has 0 spiro atoms. The molecule has 8 heteroatoms. The average Bonchev–Trinajstić information content (AvgIpc) is 3.23. The Morgan fingerprint density at radius 1 is 1.00 bits per heavy atom. The van der Waals surface area contributed by atoms with Crippen LogP contribution in [0.3, 0.4) is 0 Å². The predicted octanol–water partition coefficient (Wildman–Crippen LogP) is 3.70. The molecule has 0 radical (unpaired) electrons. The monoisotopic (exact) mass is 454 g/mol. The molecule has 0 aliphatic carbocycles. The van der Waals surface area contributed by atoms with E-state index in [4.69, 9.17) is 0 Å². The molecule has 0 fully saturated rings. The van der Waals surface area contributed by atoms with Gasteiger partial charge in [0.1, 0.15) is 0 Å². The van der Waals surface area contributed by atoms with E-state index >= 15 is 0 Å². The van der Waals surface area contributed by atoms with Crippen LogP contribution in [-0.2, 0) is 23.0 Å². The summed E-state index contributed by atoms with van der Waals surface area (Å²) in [5, 5.41) is 7.33. The minimum atomic E-state index is -3.49. The Balaban J connectivity index is 1.72. The Labute approximate surface area is 190 Å². The second-order valence-corrected chi connectivity index (χ2v) is 9.46. The second kappa shape index (κ2) is 10.1. The molecule has 3 rings (SSSR count). The van der Waals surface area contributed by atoms with Gasteiger partial charge in [0.15, 0.2) is 0 Å². The molecule has 0 saturated carbocycles. The van der Waals surface area contributed by atoms with E-state index in [2.05, 4.69) is 10.4 Å². The van der Waals surface area contributed by atoms with Crippen molar-refractivity contribution >= 4 is 15.9 Å². The molecule has 0 unspecified atom stereocenters. The summed E-state index contributed by atoms with van der Waals surface area (Å²) in [5.41, 5.74) is 4.27. The first kappa shape index (κ1) is 23.7. The quantitative estimate of drug-likeness (QED) is 0.534. The van der Waals surface area contributed by atoms with E-state index in [0.717, 1.165) is 22.5 Å². The summed E-state index contributed by atoms with van der Waals surface area (Å²) in [5.74, 6) is -0.208. The first-order chi connectivity index (χ1) is 15.3. The molecule has 1 N–H and O–H groups in total. The molecular weight excluding hydrogens is 424 g/mol. The maximum absolute atomic E-state index is 12.8. The first-order valence-corrected chi connectivity index (χ1v) is 12.3. The van der Waals surface area contributed by atoms with E-state index in [0.29, 0.717) is 31.6 Å². The fourth-order valence-corrected chi connectivity index (χ4v) is 5.04. The Bertz CT molecular complexity index is 1160. The van der Waals surface area contributed by atoms with Gasteiger partial charge in [-0.15, -0.1) is 0 Å². The highest BCUT2D eigenvalue weighted by Gasteiger charge is 2.21. The van der Waals surface area contributed by atoms with Gasteiger partial charge in [0.05, 0.1) is 28.0 Å². The molecule has 0 atom stereocenters. The lowest BCUT2D eigenvalue weighted by Gasteiger charge is -2.18. The highest BCUT2D eigenvalue weighted by Crippen LogP contribution is 2.18. The second-order valence-electron chi connectivity index (χ2n) is 7.52. The van der Waals surface area contributed by atoms with Gasteiger partial charge in [-0.2, -0.15) is 9.40 Å². The van der Waals surface area contributed by atoms with Crippen LogP contribution in [0.4, 0.5) is 0 Å². The number of sulfonamides is 1. The van der Waals surface area contributed by atoms with Crippen molar-refractivity contribution in [3.8, 4) is 5.69 Å². The van der Waals surface area contributed by atoms with Crippen LogP contribution < -0.4 is 5.32 Å². The van der Waals surface area contributed by atoms with E-state index in [1.54, 1.807) is 35.1 Å². The number of hydrogen-bond donors (Lipinski definition) is 1. The summed E-state index contributed by atoms with van der Waals surface area (Å²) in [7, 11) is -3.49. The maximum atomic E-state index is 12.8. The Hall–Kier alpha value is -2.97. The van der Waals surface area contributed by atoms with Crippen LogP contribution in [0.5, 0.6) is 0 Å². The molecule has 1 amide bonds. The van der Waals surface area contributed by atoms with Gasteiger partial charge >= 0.3 is 0 Å². The molecule has 2 aromatic carbocycles. The molecule has 1 aromatic heterocycles. The lowest BCUT2D eigenvalue weighted by molar-refractivity contribution is 0.0950. The molecule has 32 heavy (non-hydrogen) atoms. The van der Waals surface area contributed by atoms with Crippen molar-refractivity contribution in [1.82, 2.24) is 19.4 Å². The predicted molar refractivity (Wildman–Crippen MR) is 125 cm³/mol. The van der Waals surface area contributed by atoms with Crippen molar-refractivity contribution in [2.24, 2.45) is 0 Å². The molecule has 0 aliphatic rings. The Morgan fingerprint density at radius 2 is 1.62 bits per heavy atom. The number of benzene rings is 2. The third kappa shape index (κ3) is 4.92. The number of aryl methyl sites for hydroxylation is 1. The van der Waals surface area contributed by atoms with Gasteiger partial charge in [-0.3, -0.25) is 4.79 Å². The zero-order chi connectivity index (χ0) is 23.3. The van der Waals surface area contributed by atoms with Gasteiger partial charge in [-0.05, 0) is 43.2 Å². The molecule has 0 bridgehead atoms. The molecule has 0 saturated heterocycles. The summed E-state index contributed by atoms with van der Waals surface area (Å²) < 4.78 is 28.4. The van der Waals surface area contributed by atoms with Gasteiger partial charge in [0.25, 0.3) is 5.91 Å². The topological polar surface area (TPSA) is 84.3 Å². The van der Waals surface area contributed by atoms with E-state index in [1.165, 1.54) is 4.31 Å². The first-order valence-electron chi connectivity index (χ1n) is 10.8. The van der Waals surface area contributed by atoms with E-state index < -0.39 is 10.0 Å². The van der Waals surface area contributed by atoms with Gasteiger partial charge in [0, 0.05) is 19.6 Å². The third-order valence-electron chi connectivity index (χ3n) is 5.45. The summed E-state index contributed by atoms with van der Waals surface area (Å²) in [6.07, 6.45) is 2.25. The zero-order valence-corrected chi connectivity index (χ0v) is 19.8. The number of rotatable bonds is 9. The van der Waals surface area contributed by atoms with Crippen molar-refractivity contribution in [2.75, 3.05) is 13.1 Å². The number of nitrogens with one attached hydrogen (secondary N) is 1. The van der Waals surface area contributed by atoms with E-state index in [9.17, 15) is 13.2 Å². The van der Waals surface area contributed by atoms with Crippen molar-refractivity contribution in [3.05, 3.63) is 77.1 Å². The number of nitrogens with zero attached hydrogens (tertiary/aromatic N) is 3. The minimum absolute atomic E-state index is 0.208. The Kier molecular flexibility index (Phi) is 7.48. The van der Waals surface area contributed by atoms with Crippen LogP contribution in [0.2, 0.25) is 0 Å². The number of amides is 1. The smallest absolute Gasteiger partial charge is 0.255 e. The van der Waals surface area contributed by atoms with Crippen LogP contribution in [0, 0.1) is 6.92 Å². The average molecular weight is 455 g/mol. The zero-order valence-electron chi connectivity index (χ0n) is 19.0. The summed E-state index contributed by atoms with van der Waals surface area (Å²) in [6.45, 7) is 8.79. The minimum Gasteiger partial charge on any atom is -0.348 e. The standard InChI is InChI=1S/C24H30N4O3S/c1-5-23-22(17-26-28(23)20-12-8-18(4)9-13-20)24(29)25-16-19-10-14-21(15-11-19)32(30,31)27(6-2)7-3/h8-15,17H,5-7,16H2,1-4H3,(H,25,29). The highest BCUT2D eigenvalue weighted by atomic mass is 32.2. The third-order valence-corrected chi connectivity index (χ3v) is 7.51. The number of carbonyl (C=O) groups is 1. The summed E-state index contributed by atoms with van der Waals surface area (Å²) in [6, 6.07) is 14.6. The van der Waals surface area contributed by atoms with Gasteiger partial charge in [-0.1, -0.05) is 50.6 Å². The summed E-state index contributed by atoms with van der Waals surface area (Å²) >= 11 is 0. The van der Waals surface area contributed by atoms with Crippen molar-refractivity contribution < 1.29 is 13.2 Å². The highest BCUT2D eigenvalue weighted by molar-refractivity contribution is 7.89. The van der Waals surface area contributed by atoms with Crippen LogP contribution in [0.15, 0.2) is 59.6 Å². The lowest BCUT2D eigenvalue weighted by atomic mass is 10.1. The number of carbonyl (C=O) groups excluding carboxylic acids is 1.